The molecule has 0 aromatic heterocycles. The third kappa shape index (κ3) is 2.05. The van der Waals surface area contributed by atoms with Crippen LogP contribution in [-0.2, 0) is 4.79 Å². The van der Waals surface area contributed by atoms with E-state index in [0.29, 0.717) is 25.9 Å². The lowest BCUT2D eigenvalue weighted by Gasteiger charge is -2.13. The summed E-state index contributed by atoms with van der Waals surface area (Å²) in [5, 5.41) is 9.10. The smallest absolute Gasteiger partial charge is 0.226 e. The van der Waals surface area contributed by atoms with Gasteiger partial charge in [0.05, 0.1) is 6.10 Å². The fourth-order valence-electron chi connectivity index (χ4n) is 1.22. The van der Waals surface area contributed by atoms with Crippen molar-refractivity contribution in [1.29, 1.82) is 0 Å². The lowest BCUT2D eigenvalue weighted by atomic mass is 10.3. The second-order valence-electron chi connectivity index (χ2n) is 2.78. The highest BCUT2D eigenvalue weighted by Gasteiger charge is 2.23. The Morgan fingerprint density at radius 2 is 2.55 bits per heavy atom. The molecule has 0 radical (unpaired) electrons. The lowest BCUT2D eigenvalue weighted by molar-refractivity contribution is -0.129. The van der Waals surface area contributed by atoms with Crippen molar-refractivity contribution < 1.29 is 9.90 Å². The van der Waals surface area contributed by atoms with Gasteiger partial charge in [-0.25, -0.2) is 0 Å². The first-order valence-corrected chi connectivity index (χ1v) is 3.80. The predicted octanol–water partition coefficient (Wildman–Crippen LogP) is 0.156. The molecule has 3 nitrogen and oxygen atoms in total. The number of rotatable bonds is 2. The highest BCUT2D eigenvalue weighted by Crippen LogP contribution is 2.09. The van der Waals surface area contributed by atoms with Crippen LogP contribution in [0.2, 0.25) is 0 Å². The van der Waals surface area contributed by atoms with Crippen LogP contribution in [0.25, 0.3) is 0 Å². The summed E-state index contributed by atoms with van der Waals surface area (Å²) in [5.74, 6) is 0.0663. The summed E-state index contributed by atoms with van der Waals surface area (Å²) in [7, 11) is 0. The van der Waals surface area contributed by atoms with Gasteiger partial charge >= 0.3 is 0 Å². The number of β-amino-alcohol motifs (C(OH)–C–C–N with tert-alkyl or cyclic N) is 1. The van der Waals surface area contributed by atoms with Gasteiger partial charge in [0.2, 0.25) is 5.91 Å². The van der Waals surface area contributed by atoms with Crippen LogP contribution in [-0.4, -0.2) is 35.1 Å². The van der Waals surface area contributed by atoms with Crippen molar-refractivity contribution in [2.75, 3.05) is 13.1 Å². The summed E-state index contributed by atoms with van der Waals surface area (Å²) in [4.78, 5) is 12.8. The molecule has 0 spiro atoms. The molecule has 1 amide bonds. The van der Waals surface area contributed by atoms with Crippen molar-refractivity contribution >= 4 is 5.91 Å². The quantitative estimate of drug-likeness (QED) is 0.577. The zero-order valence-corrected chi connectivity index (χ0v) is 6.49. The highest BCUT2D eigenvalue weighted by atomic mass is 16.3. The molecule has 1 aliphatic heterocycles. The molecule has 1 atom stereocenters. The molecule has 1 N–H and O–H groups in total. The first kappa shape index (κ1) is 8.27. The Morgan fingerprint density at radius 1 is 1.82 bits per heavy atom. The molecule has 0 aromatic rings. The average molecular weight is 155 g/mol. The Morgan fingerprint density at radius 3 is 3.00 bits per heavy atom. The highest BCUT2D eigenvalue weighted by molar-refractivity contribution is 5.77. The van der Waals surface area contributed by atoms with E-state index >= 15 is 0 Å². The van der Waals surface area contributed by atoms with Crippen molar-refractivity contribution in [3.05, 3.63) is 12.7 Å². The van der Waals surface area contributed by atoms with E-state index < -0.39 is 0 Å². The fraction of sp³-hybridized carbons (Fsp3) is 0.625. The Bertz CT molecular complexity index is 167. The van der Waals surface area contributed by atoms with Gasteiger partial charge in [-0.3, -0.25) is 4.79 Å². The van der Waals surface area contributed by atoms with Crippen LogP contribution in [0.4, 0.5) is 0 Å². The molecular formula is C8H13NO2. The van der Waals surface area contributed by atoms with Crippen LogP contribution in [0, 0.1) is 0 Å². The van der Waals surface area contributed by atoms with Gasteiger partial charge in [-0.2, -0.15) is 0 Å². The molecular weight excluding hydrogens is 142 g/mol. The van der Waals surface area contributed by atoms with Crippen LogP contribution in [0.5, 0.6) is 0 Å². The maximum Gasteiger partial charge on any atom is 0.226 e. The topological polar surface area (TPSA) is 40.5 Å². The molecule has 0 aliphatic carbocycles. The van der Waals surface area contributed by atoms with Crippen molar-refractivity contribution in [1.82, 2.24) is 4.90 Å². The maximum atomic E-state index is 11.1. The Labute approximate surface area is 66.3 Å². The van der Waals surface area contributed by atoms with E-state index in [1.165, 1.54) is 0 Å². The number of hydrogen-bond donors (Lipinski definition) is 1. The Balaban J connectivity index is 2.36. The van der Waals surface area contributed by atoms with E-state index in [9.17, 15) is 4.79 Å². The normalized spacial score (nSPS) is 23.7. The van der Waals surface area contributed by atoms with Gasteiger partial charge in [0, 0.05) is 19.5 Å². The molecule has 1 fully saturated rings. The third-order valence-electron chi connectivity index (χ3n) is 1.84. The van der Waals surface area contributed by atoms with Crippen molar-refractivity contribution in [3.63, 3.8) is 0 Å². The number of likely N-dealkylation sites (tertiary alicyclic amines) is 1. The summed E-state index contributed by atoms with van der Waals surface area (Å²) in [6, 6.07) is 0. The van der Waals surface area contributed by atoms with Gasteiger partial charge < -0.3 is 10.0 Å². The molecule has 0 unspecified atom stereocenters. The monoisotopic (exact) mass is 155 g/mol. The fourth-order valence-corrected chi connectivity index (χ4v) is 1.22. The summed E-state index contributed by atoms with van der Waals surface area (Å²) < 4.78 is 0. The lowest BCUT2D eigenvalue weighted by Crippen LogP contribution is -2.28. The molecule has 1 heterocycles. The zero-order chi connectivity index (χ0) is 8.27. The number of carbonyl (C=O) groups excluding carboxylic acids is 1. The summed E-state index contributed by atoms with van der Waals surface area (Å²) in [6.07, 6.45) is 2.37. The first-order chi connectivity index (χ1) is 5.24. The van der Waals surface area contributed by atoms with Gasteiger partial charge in [-0.15, -0.1) is 6.58 Å². The second kappa shape index (κ2) is 3.53. The molecule has 1 rings (SSSR count). The van der Waals surface area contributed by atoms with E-state index in [2.05, 4.69) is 6.58 Å². The molecule has 0 aromatic carbocycles. The van der Waals surface area contributed by atoms with Gasteiger partial charge in [0.25, 0.3) is 0 Å². The van der Waals surface area contributed by atoms with E-state index in [0.717, 1.165) is 0 Å². The molecule has 62 valence electrons. The number of aliphatic hydroxyl groups is 1. The average Bonchev–Trinajstić information content (AvgIpc) is 2.36. The molecule has 1 saturated heterocycles. The second-order valence-corrected chi connectivity index (χ2v) is 2.78. The van der Waals surface area contributed by atoms with Crippen molar-refractivity contribution in [2.45, 2.75) is 18.9 Å². The van der Waals surface area contributed by atoms with Crippen LogP contribution >= 0.6 is 0 Å². The number of nitrogens with zero attached hydrogens (tertiary/aromatic N) is 1. The Hall–Kier alpha value is -0.830. The summed E-state index contributed by atoms with van der Waals surface area (Å²) in [6.45, 7) is 4.66. The standard InChI is InChI=1S/C8H13NO2/c1-2-3-8(11)9-5-4-7(10)6-9/h2,7,10H,1,3-6H2/t7-/m0/s1. The molecule has 0 bridgehead atoms. The SMILES string of the molecule is C=CCC(=O)N1CC[C@H](O)C1. The summed E-state index contributed by atoms with van der Waals surface area (Å²) >= 11 is 0. The van der Waals surface area contributed by atoms with Crippen LogP contribution in [0.3, 0.4) is 0 Å². The number of aliphatic hydroxyl groups excluding tert-OH is 1. The number of hydrogen-bond acceptors (Lipinski definition) is 2. The van der Waals surface area contributed by atoms with Crippen LogP contribution in [0.15, 0.2) is 12.7 Å². The van der Waals surface area contributed by atoms with E-state index in [1.54, 1.807) is 11.0 Å². The Kier molecular flexibility index (Phi) is 2.65. The minimum absolute atomic E-state index is 0.0663. The van der Waals surface area contributed by atoms with Gasteiger partial charge in [0.15, 0.2) is 0 Å². The number of amides is 1. The van der Waals surface area contributed by atoms with E-state index in [4.69, 9.17) is 5.11 Å². The zero-order valence-electron chi connectivity index (χ0n) is 6.49. The molecule has 0 saturated carbocycles. The molecule has 3 heteroatoms. The first-order valence-electron chi connectivity index (χ1n) is 3.80. The van der Waals surface area contributed by atoms with Gasteiger partial charge in [-0.1, -0.05) is 6.08 Å². The molecule has 1 aliphatic rings. The largest absolute Gasteiger partial charge is 0.391 e. The third-order valence-corrected chi connectivity index (χ3v) is 1.84. The minimum Gasteiger partial charge on any atom is -0.391 e. The van der Waals surface area contributed by atoms with Crippen LogP contribution in [0.1, 0.15) is 12.8 Å². The van der Waals surface area contributed by atoms with E-state index in [-0.39, 0.29) is 12.0 Å². The van der Waals surface area contributed by atoms with Gasteiger partial charge in [0.1, 0.15) is 0 Å². The summed E-state index contributed by atoms with van der Waals surface area (Å²) in [5.41, 5.74) is 0. The maximum absolute atomic E-state index is 11.1. The van der Waals surface area contributed by atoms with Gasteiger partial charge in [-0.05, 0) is 6.42 Å². The van der Waals surface area contributed by atoms with Crippen molar-refractivity contribution in [3.8, 4) is 0 Å². The van der Waals surface area contributed by atoms with E-state index in [1.807, 2.05) is 0 Å². The predicted molar refractivity (Wildman–Crippen MR) is 42.0 cm³/mol. The minimum atomic E-state index is -0.316. The molecule has 11 heavy (non-hydrogen) atoms. The van der Waals surface area contributed by atoms with Crippen molar-refractivity contribution in [2.24, 2.45) is 0 Å². The van der Waals surface area contributed by atoms with Crippen LogP contribution < -0.4 is 0 Å². The number of carbonyl (C=O) groups is 1.